The fraction of sp³-hybridized carbons (Fsp3) is 0.450. The van der Waals surface area contributed by atoms with Crippen LogP contribution in [0.1, 0.15) is 31.4 Å². The van der Waals surface area contributed by atoms with Crippen LogP contribution in [0.4, 0.5) is 0 Å². The first kappa shape index (κ1) is 18.3. The van der Waals surface area contributed by atoms with Gasteiger partial charge in [0.15, 0.2) is 0 Å². The van der Waals surface area contributed by atoms with Gasteiger partial charge in [-0.2, -0.15) is 0 Å². The van der Waals surface area contributed by atoms with Crippen molar-refractivity contribution in [2.24, 2.45) is 5.92 Å². The molecule has 1 aromatic carbocycles. The maximum Gasteiger partial charge on any atom is 0.228 e. The summed E-state index contributed by atoms with van der Waals surface area (Å²) in [5, 5.41) is 0.680. The Morgan fingerprint density at radius 2 is 2.15 bits per heavy atom. The highest BCUT2D eigenvalue weighted by Gasteiger charge is 2.35. The van der Waals surface area contributed by atoms with Gasteiger partial charge in [-0.3, -0.25) is 25.6 Å². The number of carbonyl (C=O) groups is 1. The molecule has 0 saturated carbocycles. The van der Waals surface area contributed by atoms with E-state index in [1.807, 2.05) is 36.1 Å². The Balaban J connectivity index is 1.58. The van der Waals surface area contributed by atoms with Crippen molar-refractivity contribution in [3.8, 4) is 11.3 Å². The third-order valence-corrected chi connectivity index (χ3v) is 5.75. The van der Waals surface area contributed by atoms with E-state index in [9.17, 15) is 4.79 Å². The summed E-state index contributed by atoms with van der Waals surface area (Å²) >= 11 is 6.17. The molecule has 3 unspecified atom stereocenters. The summed E-state index contributed by atoms with van der Waals surface area (Å²) < 4.78 is 0. The number of nitrogens with zero attached hydrogens (tertiary/aromatic N) is 3. The molecular formula is C20H24ClN5O. The zero-order valence-corrected chi connectivity index (χ0v) is 16.1. The summed E-state index contributed by atoms with van der Waals surface area (Å²) in [5.41, 5.74) is 9.00. The number of hydrogen-bond acceptors (Lipinski definition) is 5. The number of rotatable bonds is 3. The Morgan fingerprint density at radius 3 is 2.93 bits per heavy atom. The summed E-state index contributed by atoms with van der Waals surface area (Å²) in [4.78, 5) is 24.2. The normalized spacial score (nSPS) is 25.6. The van der Waals surface area contributed by atoms with Crippen LogP contribution in [0.15, 0.2) is 36.7 Å². The SMILES string of the molecule is CC1NNCC1C(=O)N1CCCC(c2nccnc2-c2cccc(Cl)c2)C1. The highest BCUT2D eigenvalue weighted by molar-refractivity contribution is 6.30. The van der Waals surface area contributed by atoms with Gasteiger partial charge in [-0.1, -0.05) is 23.7 Å². The fourth-order valence-electron chi connectivity index (χ4n) is 4.05. The van der Waals surface area contributed by atoms with Crippen LogP contribution < -0.4 is 10.9 Å². The minimum absolute atomic E-state index is 0.0157. The number of halogens is 1. The largest absolute Gasteiger partial charge is 0.342 e. The van der Waals surface area contributed by atoms with Crippen molar-refractivity contribution in [3.63, 3.8) is 0 Å². The lowest BCUT2D eigenvalue weighted by Gasteiger charge is -2.35. The van der Waals surface area contributed by atoms with E-state index in [-0.39, 0.29) is 23.8 Å². The molecule has 2 aliphatic rings. The number of likely N-dealkylation sites (tertiary alicyclic amines) is 1. The molecule has 4 rings (SSSR count). The van der Waals surface area contributed by atoms with Crippen LogP contribution in [0.5, 0.6) is 0 Å². The molecule has 0 aliphatic carbocycles. The van der Waals surface area contributed by atoms with Crippen LogP contribution >= 0.6 is 11.6 Å². The Morgan fingerprint density at radius 1 is 1.30 bits per heavy atom. The van der Waals surface area contributed by atoms with E-state index < -0.39 is 0 Å². The molecule has 0 spiro atoms. The van der Waals surface area contributed by atoms with Crippen molar-refractivity contribution in [1.29, 1.82) is 0 Å². The average molecular weight is 386 g/mol. The molecule has 0 bridgehead atoms. The minimum atomic E-state index is -0.0157. The number of carbonyl (C=O) groups excluding carboxylic acids is 1. The van der Waals surface area contributed by atoms with Gasteiger partial charge in [0.05, 0.1) is 17.3 Å². The van der Waals surface area contributed by atoms with E-state index in [0.29, 0.717) is 18.1 Å². The maximum atomic E-state index is 13.0. The predicted octanol–water partition coefficient (Wildman–Crippen LogP) is 2.62. The van der Waals surface area contributed by atoms with Gasteiger partial charge in [0, 0.05) is 54.6 Å². The number of piperidine rings is 1. The first-order chi connectivity index (χ1) is 13.1. The number of amides is 1. The van der Waals surface area contributed by atoms with Crippen molar-refractivity contribution in [2.45, 2.75) is 31.7 Å². The minimum Gasteiger partial charge on any atom is -0.342 e. The van der Waals surface area contributed by atoms with Crippen molar-refractivity contribution < 1.29 is 4.79 Å². The van der Waals surface area contributed by atoms with Gasteiger partial charge < -0.3 is 4.90 Å². The van der Waals surface area contributed by atoms with E-state index in [4.69, 9.17) is 11.6 Å². The number of hydrazine groups is 1. The molecule has 0 radical (unpaired) electrons. The standard InChI is InChI=1S/C20H24ClN5O/c1-13-17(11-24-25-13)20(27)26-9-3-5-15(12-26)19-18(22-7-8-23-19)14-4-2-6-16(21)10-14/h2,4,6-8,10,13,15,17,24-25H,3,5,9,11-12H2,1H3. The van der Waals surface area contributed by atoms with Crippen molar-refractivity contribution in [3.05, 3.63) is 47.4 Å². The van der Waals surface area contributed by atoms with Gasteiger partial charge in [-0.15, -0.1) is 0 Å². The molecule has 3 atom stereocenters. The quantitative estimate of drug-likeness (QED) is 0.849. The Hall–Kier alpha value is -2.02. The van der Waals surface area contributed by atoms with E-state index in [2.05, 4.69) is 20.8 Å². The van der Waals surface area contributed by atoms with Crippen LogP contribution in [-0.4, -0.2) is 46.5 Å². The third-order valence-electron chi connectivity index (χ3n) is 5.52. The molecule has 2 fully saturated rings. The van der Waals surface area contributed by atoms with E-state index >= 15 is 0 Å². The van der Waals surface area contributed by atoms with Gasteiger partial charge >= 0.3 is 0 Å². The lowest BCUT2D eigenvalue weighted by atomic mass is 9.90. The lowest BCUT2D eigenvalue weighted by Crippen LogP contribution is -2.45. The van der Waals surface area contributed by atoms with Crippen LogP contribution in [-0.2, 0) is 4.79 Å². The van der Waals surface area contributed by atoms with Crippen LogP contribution in [0.25, 0.3) is 11.3 Å². The van der Waals surface area contributed by atoms with Gasteiger partial charge in [-0.25, -0.2) is 0 Å². The summed E-state index contributed by atoms with van der Waals surface area (Å²) in [6, 6.07) is 7.85. The van der Waals surface area contributed by atoms with Gasteiger partial charge in [0.1, 0.15) is 0 Å². The Kier molecular flexibility index (Phi) is 5.38. The summed E-state index contributed by atoms with van der Waals surface area (Å²) in [6.45, 7) is 4.23. The Bertz CT molecular complexity index is 830. The molecule has 27 heavy (non-hydrogen) atoms. The molecular weight excluding hydrogens is 362 g/mol. The average Bonchev–Trinajstić information content (AvgIpc) is 3.13. The van der Waals surface area contributed by atoms with Gasteiger partial charge in [0.2, 0.25) is 5.91 Å². The highest BCUT2D eigenvalue weighted by Crippen LogP contribution is 2.33. The second-order valence-corrected chi connectivity index (χ2v) is 7.78. The zero-order chi connectivity index (χ0) is 18.8. The van der Waals surface area contributed by atoms with E-state index in [0.717, 1.165) is 36.3 Å². The highest BCUT2D eigenvalue weighted by atomic mass is 35.5. The molecule has 3 heterocycles. The molecule has 2 aliphatic heterocycles. The van der Waals surface area contributed by atoms with E-state index in [1.54, 1.807) is 12.4 Å². The van der Waals surface area contributed by atoms with Crippen LogP contribution in [0, 0.1) is 5.92 Å². The molecule has 1 amide bonds. The number of hydrogen-bond donors (Lipinski definition) is 2. The lowest BCUT2D eigenvalue weighted by molar-refractivity contribution is -0.136. The molecule has 2 N–H and O–H groups in total. The van der Waals surface area contributed by atoms with Crippen molar-refractivity contribution in [1.82, 2.24) is 25.7 Å². The van der Waals surface area contributed by atoms with Crippen molar-refractivity contribution >= 4 is 17.5 Å². The smallest absolute Gasteiger partial charge is 0.228 e. The number of aromatic nitrogens is 2. The Labute approximate surface area is 164 Å². The molecule has 142 valence electrons. The van der Waals surface area contributed by atoms with Gasteiger partial charge in [-0.05, 0) is 31.9 Å². The molecule has 7 heteroatoms. The molecule has 1 aromatic heterocycles. The third kappa shape index (κ3) is 3.83. The summed E-state index contributed by atoms with van der Waals surface area (Å²) in [6.07, 6.45) is 5.43. The first-order valence-corrected chi connectivity index (χ1v) is 9.85. The van der Waals surface area contributed by atoms with Crippen molar-refractivity contribution in [2.75, 3.05) is 19.6 Å². The fourth-order valence-corrected chi connectivity index (χ4v) is 4.24. The predicted molar refractivity (Wildman–Crippen MR) is 105 cm³/mol. The monoisotopic (exact) mass is 385 g/mol. The second-order valence-electron chi connectivity index (χ2n) is 7.34. The topological polar surface area (TPSA) is 70.2 Å². The molecule has 2 aromatic rings. The molecule has 2 saturated heterocycles. The molecule has 6 nitrogen and oxygen atoms in total. The number of benzene rings is 1. The zero-order valence-electron chi connectivity index (χ0n) is 15.4. The second kappa shape index (κ2) is 7.92. The summed E-state index contributed by atoms with van der Waals surface area (Å²) in [7, 11) is 0. The summed E-state index contributed by atoms with van der Waals surface area (Å²) in [5.74, 6) is 0.388. The van der Waals surface area contributed by atoms with E-state index in [1.165, 1.54) is 0 Å². The van der Waals surface area contributed by atoms with Crippen LogP contribution in [0.2, 0.25) is 5.02 Å². The first-order valence-electron chi connectivity index (χ1n) is 9.47. The maximum absolute atomic E-state index is 13.0. The number of nitrogens with one attached hydrogen (secondary N) is 2. The van der Waals surface area contributed by atoms with Crippen LogP contribution in [0.3, 0.4) is 0 Å². The van der Waals surface area contributed by atoms with Gasteiger partial charge in [0.25, 0.3) is 0 Å².